The Balaban J connectivity index is 2.56. The van der Waals surface area contributed by atoms with Crippen molar-refractivity contribution in [1.82, 2.24) is 0 Å². The summed E-state index contributed by atoms with van der Waals surface area (Å²) in [6.45, 7) is 2.18. The molecule has 1 aromatic rings. The van der Waals surface area contributed by atoms with Gasteiger partial charge in [0.2, 0.25) is 0 Å². The monoisotopic (exact) mass is 289 g/mol. The van der Waals surface area contributed by atoms with E-state index in [9.17, 15) is 0 Å². The van der Waals surface area contributed by atoms with Crippen LogP contribution >= 0.6 is 27.5 Å². The van der Waals surface area contributed by atoms with Crippen LogP contribution in [0.15, 0.2) is 22.7 Å². The Labute approximate surface area is 105 Å². The number of nitrogens with two attached hydrogens (primary N) is 1. The summed E-state index contributed by atoms with van der Waals surface area (Å²) in [7, 11) is 0. The van der Waals surface area contributed by atoms with Crippen molar-refractivity contribution >= 4 is 27.5 Å². The molecule has 1 atom stereocenters. The molecule has 0 fully saturated rings. The van der Waals surface area contributed by atoms with Crippen LogP contribution in [0, 0.1) is 0 Å². The van der Waals surface area contributed by atoms with E-state index >= 15 is 0 Å². The van der Waals surface area contributed by atoms with E-state index in [1.807, 2.05) is 18.2 Å². The van der Waals surface area contributed by atoms with E-state index in [0.717, 1.165) is 27.9 Å². The van der Waals surface area contributed by atoms with Crippen molar-refractivity contribution in [3.63, 3.8) is 0 Å². The first-order valence-corrected chi connectivity index (χ1v) is 6.50. The lowest BCUT2D eigenvalue weighted by Gasteiger charge is -2.12. The van der Waals surface area contributed by atoms with E-state index in [1.165, 1.54) is 12.8 Å². The van der Waals surface area contributed by atoms with E-state index in [2.05, 4.69) is 22.9 Å². The first kappa shape index (κ1) is 13.0. The van der Waals surface area contributed by atoms with Crippen LogP contribution in [0.1, 0.15) is 31.7 Å². The van der Waals surface area contributed by atoms with Gasteiger partial charge in [0.05, 0.1) is 0 Å². The number of rotatable bonds is 5. The smallest absolute Gasteiger partial charge is 0.0449 e. The van der Waals surface area contributed by atoms with Gasteiger partial charge in [-0.1, -0.05) is 53.4 Å². The average Bonchev–Trinajstić information content (AvgIpc) is 2.19. The molecular formula is C12H17BrClN. The van der Waals surface area contributed by atoms with Crippen LogP contribution < -0.4 is 5.73 Å². The molecule has 3 heteroatoms. The molecule has 0 saturated heterocycles. The molecule has 0 aliphatic carbocycles. The van der Waals surface area contributed by atoms with Crippen molar-refractivity contribution < 1.29 is 0 Å². The normalized spacial score (nSPS) is 12.8. The first-order valence-electron chi connectivity index (χ1n) is 5.33. The number of hydrogen-bond donors (Lipinski definition) is 1. The quantitative estimate of drug-likeness (QED) is 0.865. The second-order valence-electron chi connectivity index (χ2n) is 3.84. The topological polar surface area (TPSA) is 26.0 Å². The van der Waals surface area contributed by atoms with E-state index in [1.54, 1.807) is 0 Å². The van der Waals surface area contributed by atoms with E-state index in [-0.39, 0.29) is 6.04 Å². The number of benzene rings is 1. The summed E-state index contributed by atoms with van der Waals surface area (Å²) in [6.07, 6.45) is 4.33. The lowest BCUT2D eigenvalue weighted by Crippen LogP contribution is -2.22. The van der Waals surface area contributed by atoms with Crippen molar-refractivity contribution in [2.75, 3.05) is 0 Å². The van der Waals surface area contributed by atoms with Crippen molar-refractivity contribution in [2.45, 2.75) is 38.6 Å². The van der Waals surface area contributed by atoms with Crippen LogP contribution in [0.2, 0.25) is 5.02 Å². The predicted octanol–water partition coefficient (Wildman–Crippen LogP) is 4.16. The summed E-state index contributed by atoms with van der Waals surface area (Å²) < 4.78 is 1.01. The summed E-state index contributed by atoms with van der Waals surface area (Å²) in [5.74, 6) is 0. The van der Waals surface area contributed by atoms with Gasteiger partial charge in [0.25, 0.3) is 0 Å². The fourth-order valence-corrected chi connectivity index (χ4v) is 2.29. The van der Waals surface area contributed by atoms with Gasteiger partial charge in [0.15, 0.2) is 0 Å². The van der Waals surface area contributed by atoms with Crippen molar-refractivity contribution in [1.29, 1.82) is 0 Å². The zero-order valence-corrected chi connectivity index (χ0v) is 11.3. The van der Waals surface area contributed by atoms with Crippen LogP contribution in [0.25, 0.3) is 0 Å². The molecule has 0 heterocycles. The SMILES string of the molecule is CCCCC(N)Cc1ccc(Br)cc1Cl. The minimum absolute atomic E-state index is 0.226. The Morgan fingerprint density at radius 2 is 2.20 bits per heavy atom. The first-order chi connectivity index (χ1) is 7.13. The molecule has 1 rings (SSSR count). The molecule has 0 bridgehead atoms. The largest absolute Gasteiger partial charge is 0.327 e. The second kappa shape index (κ2) is 6.51. The summed E-state index contributed by atoms with van der Waals surface area (Å²) in [5.41, 5.74) is 7.17. The molecule has 0 aromatic heterocycles. The van der Waals surface area contributed by atoms with Crippen LogP contribution in [0.3, 0.4) is 0 Å². The Morgan fingerprint density at radius 3 is 2.80 bits per heavy atom. The summed E-state index contributed by atoms with van der Waals surface area (Å²) in [6, 6.07) is 6.19. The second-order valence-corrected chi connectivity index (χ2v) is 5.17. The van der Waals surface area contributed by atoms with Gasteiger partial charge in [-0.3, -0.25) is 0 Å². The maximum Gasteiger partial charge on any atom is 0.0449 e. The highest BCUT2D eigenvalue weighted by Gasteiger charge is 2.07. The molecule has 0 aliphatic heterocycles. The molecule has 0 aliphatic rings. The van der Waals surface area contributed by atoms with E-state index in [4.69, 9.17) is 17.3 Å². The van der Waals surface area contributed by atoms with Crippen molar-refractivity contribution in [2.24, 2.45) is 5.73 Å². The Kier molecular flexibility index (Phi) is 5.65. The highest BCUT2D eigenvalue weighted by Crippen LogP contribution is 2.22. The molecule has 0 amide bonds. The highest BCUT2D eigenvalue weighted by atomic mass is 79.9. The molecule has 0 radical (unpaired) electrons. The van der Waals surface area contributed by atoms with E-state index < -0.39 is 0 Å². The highest BCUT2D eigenvalue weighted by molar-refractivity contribution is 9.10. The van der Waals surface area contributed by atoms with Gasteiger partial charge >= 0.3 is 0 Å². The van der Waals surface area contributed by atoms with Gasteiger partial charge in [0, 0.05) is 15.5 Å². The zero-order chi connectivity index (χ0) is 11.3. The van der Waals surface area contributed by atoms with Crippen LogP contribution in [-0.4, -0.2) is 6.04 Å². The third-order valence-electron chi connectivity index (χ3n) is 2.43. The fourth-order valence-electron chi connectivity index (χ4n) is 1.54. The van der Waals surface area contributed by atoms with Crippen molar-refractivity contribution in [3.8, 4) is 0 Å². The summed E-state index contributed by atoms with van der Waals surface area (Å²) in [4.78, 5) is 0. The molecule has 15 heavy (non-hydrogen) atoms. The number of halogens is 2. The molecule has 84 valence electrons. The van der Waals surface area contributed by atoms with Crippen LogP contribution in [0.5, 0.6) is 0 Å². The van der Waals surface area contributed by atoms with Gasteiger partial charge in [-0.25, -0.2) is 0 Å². The van der Waals surface area contributed by atoms with Crippen molar-refractivity contribution in [3.05, 3.63) is 33.3 Å². The maximum atomic E-state index is 6.12. The molecular weight excluding hydrogens is 273 g/mol. The molecule has 2 N–H and O–H groups in total. The van der Waals surface area contributed by atoms with Gasteiger partial charge in [0.1, 0.15) is 0 Å². The van der Waals surface area contributed by atoms with Gasteiger partial charge in [-0.15, -0.1) is 0 Å². The van der Waals surface area contributed by atoms with Gasteiger partial charge in [-0.2, -0.15) is 0 Å². The molecule has 1 unspecified atom stereocenters. The van der Waals surface area contributed by atoms with E-state index in [0.29, 0.717) is 0 Å². The third-order valence-corrected chi connectivity index (χ3v) is 3.27. The Morgan fingerprint density at radius 1 is 1.47 bits per heavy atom. The standard InChI is InChI=1S/C12H17BrClN/c1-2-3-4-11(15)7-9-5-6-10(13)8-12(9)14/h5-6,8,11H,2-4,7,15H2,1H3. The molecule has 1 nitrogen and oxygen atoms in total. The average molecular weight is 291 g/mol. The minimum Gasteiger partial charge on any atom is -0.327 e. The Bertz CT molecular complexity index is 314. The lowest BCUT2D eigenvalue weighted by molar-refractivity contribution is 0.574. The third kappa shape index (κ3) is 4.54. The minimum atomic E-state index is 0.226. The summed E-state index contributed by atoms with van der Waals surface area (Å²) in [5, 5.41) is 0.802. The van der Waals surface area contributed by atoms with Crippen LogP contribution in [-0.2, 0) is 6.42 Å². The lowest BCUT2D eigenvalue weighted by atomic mass is 10.0. The zero-order valence-electron chi connectivity index (χ0n) is 8.97. The maximum absolute atomic E-state index is 6.12. The number of hydrogen-bond acceptors (Lipinski definition) is 1. The van der Waals surface area contributed by atoms with Crippen LogP contribution in [0.4, 0.5) is 0 Å². The summed E-state index contributed by atoms with van der Waals surface area (Å²) >= 11 is 9.51. The fraction of sp³-hybridized carbons (Fsp3) is 0.500. The molecule has 0 spiro atoms. The number of unbranched alkanes of at least 4 members (excludes halogenated alkanes) is 1. The molecule has 0 saturated carbocycles. The van der Waals surface area contributed by atoms with Gasteiger partial charge < -0.3 is 5.73 Å². The molecule has 1 aromatic carbocycles. The predicted molar refractivity (Wildman–Crippen MR) is 70.4 cm³/mol. The van der Waals surface area contributed by atoms with Gasteiger partial charge in [-0.05, 0) is 30.5 Å². The Hall–Kier alpha value is -0.0500.